The van der Waals surface area contributed by atoms with E-state index in [1.807, 2.05) is 12.1 Å². The van der Waals surface area contributed by atoms with Crippen LogP contribution in [0.15, 0.2) is 42.7 Å². The Bertz CT molecular complexity index is 812. The lowest BCUT2D eigenvalue weighted by Crippen LogP contribution is -2.06. The molecule has 106 valence electrons. The van der Waals surface area contributed by atoms with Crippen LogP contribution in [0, 0.1) is 17.0 Å². The molecule has 21 heavy (non-hydrogen) atoms. The van der Waals surface area contributed by atoms with Crippen molar-refractivity contribution in [2.45, 2.75) is 13.5 Å². The summed E-state index contributed by atoms with van der Waals surface area (Å²) in [7, 11) is 0. The van der Waals surface area contributed by atoms with E-state index in [-0.39, 0.29) is 10.6 Å². The van der Waals surface area contributed by atoms with E-state index in [1.54, 1.807) is 36.0 Å². The summed E-state index contributed by atoms with van der Waals surface area (Å²) >= 11 is 0. The smallest absolute Gasteiger partial charge is 0.272 e. The molecule has 0 unspecified atom stereocenters. The summed E-state index contributed by atoms with van der Waals surface area (Å²) in [6, 6.07) is 8.69. The first-order valence-electron chi connectivity index (χ1n) is 6.42. The quantitative estimate of drug-likeness (QED) is 0.587. The number of aromatic nitrogens is 3. The molecule has 0 spiro atoms. The molecule has 0 aliphatic rings. The van der Waals surface area contributed by atoms with Crippen LogP contribution in [-0.4, -0.2) is 19.5 Å². The van der Waals surface area contributed by atoms with Gasteiger partial charge in [0.15, 0.2) is 5.65 Å². The van der Waals surface area contributed by atoms with Gasteiger partial charge in [-0.05, 0) is 25.1 Å². The zero-order valence-electron chi connectivity index (χ0n) is 11.4. The van der Waals surface area contributed by atoms with Gasteiger partial charge in [-0.25, -0.2) is 9.50 Å². The average molecular weight is 283 g/mol. The van der Waals surface area contributed by atoms with Gasteiger partial charge in [-0.2, -0.15) is 5.10 Å². The number of hydrogen-bond acceptors (Lipinski definition) is 5. The highest BCUT2D eigenvalue weighted by molar-refractivity contribution is 5.53. The Hall–Kier alpha value is -2.96. The lowest BCUT2D eigenvalue weighted by molar-refractivity contribution is -0.385. The van der Waals surface area contributed by atoms with Crippen LogP contribution < -0.4 is 5.32 Å². The highest BCUT2D eigenvalue weighted by Crippen LogP contribution is 2.21. The third kappa shape index (κ3) is 2.53. The fourth-order valence-corrected chi connectivity index (χ4v) is 2.18. The molecule has 1 aromatic carbocycles. The minimum atomic E-state index is -0.380. The third-order valence-electron chi connectivity index (χ3n) is 3.24. The van der Waals surface area contributed by atoms with E-state index >= 15 is 0 Å². The average Bonchev–Trinajstić information content (AvgIpc) is 2.93. The second-order valence-corrected chi connectivity index (χ2v) is 4.65. The molecule has 7 nitrogen and oxygen atoms in total. The number of benzene rings is 1. The molecular formula is C14H13N5O2. The summed E-state index contributed by atoms with van der Waals surface area (Å²) in [4.78, 5) is 14.6. The van der Waals surface area contributed by atoms with Gasteiger partial charge in [0, 0.05) is 29.6 Å². The van der Waals surface area contributed by atoms with Crippen LogP contribution in [0.2, 0.25) is 0 Å². The summed E-state index contributed by atoms with van der Waals surface area (Å²) in [6.45, 7) is 2.28. The molecule has 0 fully saturated rings. The standard InChI is InChI=1S/C14H13N5O2/c1-10-8-11(2-3-13(10)19(20)21)16-9-12-4-6-15-14-5-7-17-18(12)14/h2-8,16H,9H2,1H3. The maximum absolute atomic E-state index is 10.8. The summed E-state index contributed by atoms with van der Waals surface area (Å²) in [5.41, 5.74) is 3.33. The van der Waals surface area contributed by atoms with E-state index in [9.17, 15) is 10.1 Å². The molecule has 0 atom stereocenters. The predicted molar refractivity (Wildman–Crippen MR) is 78.1 cm³/mol. The van der Waals surface area contributed by atoms with Crippen molar-refractivity contribution in [3.63, 3.8) is 0 Å². The summed E-state index contributed by atoms with van der Waals surface area (Å²) in [5, 5.41) is 18.2. The number of aryl methyl sites for hydroxylation is 1. The van der Waals surface area contributed by atoms with Crippen molar-refractivity contribution in [2.24, 2.45) is 0 Å². The van der Waals surface area contributed by atoms with Crippen molar-refractivity contribution in [3.8, 4) is 0 Å². The van der Waals surface area contributed by atoms with Crippen LogP contribution in [-0.2, 0) is 6.54 Å². The third-order valence-corrected chi connectivity index (χ3v) is 3.24. The van der Waals surface area contributed by atoms with Gasteiger partial charge < -0.3 is 5.32 Å². The Morgan fingerprint density at radius 2 is 2.14 bits per heavy atom. The molecule has 3 rings (SSSR count). The summed E-state index contributed by atoms with van der Waals surface area (Å²) in [6.07, 6.45) is 3.43. The molecule has 0 saturated carbocycles. The Kier molecular flexibility index (Phi) is 3.23. The molecule has 0 saturated heterocycles. The van der Waals surface area contributed by atoms with Crippen LogP contribution in [0.1, 0.15) is 11.3 Å². The zero-order valence-corrected chi connectivity index (χ0v) is 11.4. The molecule has 0 aliphatic heterocycles. The minimum Gasteiger partial charge on any atom is -0.379 e. The highest BCUT2D eigenvalue weighted by Gasteiger charge is 2.10. The van der Waals surface area contributed by atoms with E-state index in [2.05, 4.69) is 15.4 Å². The Morgan fingerprint density at radius 3 is 2.90 bits per heavy atom. The van der Waals surface area contributed by atoms with Crippen molar-refractivity contribution in [1.29, 1.82) is 0 Å². The van der Waals surface area contributed by atoms with Gasteiger partial charge in [0.25, 0.3) is 5.69 Å². The van der Waals surface area contributed by atoms with Crippen LogP contribution in [0.4, 0.5) is 11.4 Å². The molecule has 0 aliphatic carbocycles. The van der Waals surface area contributed by atoms with Crippen molar-refractivity contribution in [1.82, 2.24) is 14.6 Å². The number of nitrogens with zero attached hydrogens (tertiary/aromatic N) is 4. The number of fused-ring (bicyclic) bond motifs is 1. The van der Waals surface area contributed by atoms with Gasteiger partial charge in [0.2, 0.25) is 0 Å². The second kappa shape index (κ2) is 5.20. The van der Waals surface area contributed by atoms with Gasteiger partial charge in [-0.3, -0.25) is 10.1 Å². The largest absolute Gasteiger partial charge is 0.379 e. The molecule has 2 heterocycles. The first kappa shape index (κ1) is 13.0. The summed E-state index contributed by atoms with van der Waals surface area (Å²) in [5.74, 6) is 0. The summed E-state index contributed by atoms with van der Waals surface area (Å²) < 4.78 is 1.76. The van der Waals surface area contributed by atoms with Gasteiger partial charge in [0.1, 0.15) is 0 Å². The molecule has 1 N–H and O–H groups in total. The Morgan fingerprint density at radius 1 is 1.29 bits per heavy atom. The second-order valence-electron chi connectivity index (χ2n) is 4.65. The monoisotopic (exact) mass is 283 g/mol. The fraction of sp³-hybridized carbons (Fsp3) is 0.143. The van der Waals surface area contributed by atoms with Crippen molar-refractivity contribution >= 4 is 17.0 Å². The van der Waals surface area contributed by atoms with Crippen LogP contribution in [0.25, 0.3) is 5.65 Å². The maximum Gasteiger partial charge on any atom is 0.272 e. The fourth-order valence-electron chi connectivity index (χ4n) is 2.18. The predicted octanol–water partition coefficient (Wildman–Crippen LogP) is 2.56. The van der Waals surface area contributed by atoms with E-state index in [0.717, 1.165) is 17.0 Å². The topological polar surface area (TPSA) is 85.4 Å². The number of nitrogens with one attached hydrogen (secondary N) is 1. The number of nitro groups is 1. The molecule has 0 bridgehead atoms. The van der Waals surface area contributed by atoms with Crippen LogP contribution in [0.5, 0.6) is 0 Å². The molecule has 3 aromatic rings. The number of rotatable bonds is 4. The first-order valence-corrected chi connectivity index (χ1v) is 6.42. The lowest BCUT2D eigenvalue weighted by Gasteiger charge is -2.08. The minimum absolute atomic E-state index is 0.124. The van der Waals surface area contributed by atoms with Gasteiger partial charge in [-0.15, -0.1) is 0 Å². The number of hydrogen-bond donors (Lipinski definition) is 1. The normalized spacial score (nSPS) is 10.7. The number of anilines is 1. The van der Waals surface area contributed by atoms with Crippen LogP contribution >= 0.6 is 0 Å². The molecule has 2 aromatic heterocycles. The van der Waals surface area contributed by atoms with Gasteiger partial charge >= 0.3 is 0 Å². The number of nitro benzene ring substituents is 1. The Labute approximate surface area is 120 Å². The van der Waals surface area contributed by atoms with Gasteiger partial charge in [0.05, 0.1) is 23.4 Å². The van der Waals surface area contributed by atoms with E-state index in [4.69, 9.17) is 0 Å². The zero-order chi connectivity index (χ0) is 14.8. The highest BCUT2D eigenvalue weighted by atomic mass is 16.6. The molecule has 0 amide bonds. The van der Waals surface area contributed by atoms with Crippen molar-refractivity contribution < 1.29 is 4.92 Å². The van der Waals surface area contributed by atoms with E-state index in [1.165, 1.54) is 6.07 Å². The molecular weight excluding hydrogens is 270 g/mol. The Balaban J connectivity index is 1.80. The lowest BCUT2D eigenvalue weighted by atomic mass is 10.2. The SMILES string of the molecule is Cc1cc(NCc2ccnc3ccnn23)ccc1[N+](=O)[O-]. The first-order chi connectivity index (χ1) is 10.1. The van der Waals surface area contributed by atoms with Crippen molar-refractivity contribution in [3.05, 3.63) is 64.1 Å². The van der Waals surface area contributed by atoms with Crippen LogP contribution in [0.3, 0.4) is 0 Å². The maximum atomic E-state index is 10.8. The molecule has 0 radical (unpaired) electrons. The van der Waals surface area contributed by atoms with E-state index in [0.29, 0.717) is 12.1 Å². The van der Waals surface area contributed by atoms with E-state index < -0.39 is 0 Å². The van der Waals surface area contributed by atoms with Gasteiger partial charge in [-0.1, -0.05) is 0 Å². The van der Waals surface area contributed by atoms with Crippen molar-refractivity contribution in [2.75, 3.05) is 5.32 Å². The molecule has 7 heteroatoms.